The molecular formula is C19H27N5O3S. The molecule has 0 unspecified atom stereocenters. The number of hydrogen-bond donors (Lipinski definition) is 2. The molecule has 2 N–H and O–H groups in total. The third-order valence-electron chi connectivity index (χ3n) is 5.05. The molecule has 3 rings (SSSR count). The van der Waals surface area contributed by atoms with E-state index < -0.39 is 10.0 Å². The van der Waals surface area contributed by atoms with Gasteiger partial charge in [-0.15, -0.1) is 0 Å². The molecule has 0 atom stereocenters. The Hall–Kier alpha value is -2.23. The van der Waals surface area contributed by atoms with Gasteiger partial charge < -0.3 is 5.32 Å². The number of carbonyl (C=O) groups excluding carboxylic acids is 1. The number of anilines is 1. The van der Waals surface area contributed by atoms with Crippen LogP contribution >= 0.6 is 0 Å². The van der Waals surface area contributed by atoms with Crippen LogP contribution in [0.5, 0.6) is 0 Å². The maximum Gasteiger partial charge on any atom is 0.244 e. The van der Waals surface area contributed by atoms with Gasteiger partial charge in [0.05, 0.1) is 17.9 Å². The fraction of sp³-hybridized carbons (Fsp3) is 0.474. The number of likely N-dealkylation sites (tertiary alicyclic amines) is 1. The Kier molecular flexibility index (Phi) is 6.17. The lowest BCUT2D eigenvalue weighted by atomic mass is 10.1. The maximum absolute atomic E-state index is 12.8. The van der Waals surface area contributed by atoms with Crippen molar-refractivity contribution in [3.05, 3.63) is 41.7 Å². The second-order valence-electron chi connectivity index (χ2n) is 7.21. The summed E-state index contributed by atoms with van der Waals surface area (Å²) in [6, 6.07) is 9.20. The molecule has 1 aromatic heterocycles. The largest absolute Gasteiger partial charge is 0.325 e. The summed E-state index contributed by atoms with van der Waals surface area (Å²) in [6.45, 7) is 5.09. The lowest BCUT2D eigenvalue weighted by molar-refractivity contribution is -0.117. The second kappa shape index (κ2) is 8.42. The molecule has 1 aliphatic rings. The molecule has 0 spiro atoms. The van der Waals surface area contributed by atoms with Gasteiger partial charge in [0, 0.05) is 31.9 Å². The van der Waals surface area contributed by atoms with Gasteiger partial charge in [0.25, 0.3) is 0 Å². The van der Waals surface area contributed by atoms with Crippen molar-refractivity contribution in [3.8, 4) is 0 Å². The highest BCUT2D eigenvalue weighted by Crippen LogP contribution is 2.20. The number of nitrogens with zero attached hydrogens (tertiary/aromatic N) is 3. The summed E-state index contributed by atoms with van der Waals surface area (Å²) in [4.78, 5) is 14.5. The molecule has 1 fully saturated rings. The first-order chi connectivity index (χ1) is 13.3. The summed E-state index contributed by atoms with van der Waals surface area (Å²) in [5, 5.41) is 7.07. The van der Waals surface area contributed by atoms with E-state index in [2.05, 4.69) is 15.1 Å². The van der Waals surface area contributed by atoms with Crippen LogP contribution in [0.4, 0.5) is 5.69 Å². The number of carbonyl (C=O) groups is 1. The number of hydrogen-bond acceptors (Lipinski definition) is 5. The minimum Gasteiger partial charge on any atom is -0.325 e. The fourth-order valence-electron chi connectivity index (χ4n) is 3.56. The quantitative estimate of drug-likeness (QED) is 0.758. The first kappa shape index (κ1) is 20.5. The summed E-state index contributed by atoms with van der Waals surface area (Å²) < 4.78 is 29.9. The first-order valence-electron chi connectivity index (χ1n) is 9.36. The number of rotatable bonds is 6. The highest BCUT2D eigenvalue weighted by molar-refractivity contribution is 7.89. The van der Waals surface area contributed by atoms with E-state index in [-0.39, 0.29) is 16.8 Å². The van der Waals surface area contributed by atoms with E-state index in [9.17, 15) is 13.2 Å². The molecule has 0 saturated carbocycles. The van der Waals surface area contributed by atoms with E-state index >= 15 is 0 Å². The van der Waals surface area contributed by atoms with Crippen LogP contribution < -0.4 is 10.0 Å². The minimum atomic E-state index is -3.61. The number of nitrogens with one attached hydrogen (secondary N) is 2. The van der Waals surface area contributed by atoms with Crippen molar-refractivity contribution < 1.29 is 13.2 Å². The fourth-order valence-corrected chi connectivity index (χ4v) is 5.30. The Morgan fingerprint density at radius 3 is 2.39 bits per heavy atom. The lowest BCUT2D eigenvalue weighted by Crippen LogP contribution is -2.46. The summed E-state index contributed by atoms with van der Waals surface area (Å²) in [7, 11) is -1.88. The Morgan fingerprint density at radius 1 is 1.18 bits per heavy atom. The van der Waals surface area contributed by atoms with E-state index in [4.69, 9.17) is 0 Å². The highest BCUT2D eigenvalue weighted by atomic mass is 32.2. The van der Waals surface area contributed by atoms with Gasteiger partial charge >= 0.3 is 0 Å². The van der Waals surface area contributed by atoms with Crippen LogP contribution in [-0.2, 0) is 21.9 Å². The topological polar surface area (TPSA) is 96.3 Å². The molecule has 1 aromatic carbocycles. The van der Waals surface area contributed by atoms with Crippen LogP contribution in [0.25, 0.3) is 0 Å². The number of benzene rings is 1. The Balaban J connectivity index is 1.52. The maximum atomic E-state index is 12.8. The first-order valence-corrected chi connectivity index (χ1v) is 10.8. The molecule has 2 heterocycles. The molecule has 1 saturated heterocycles. The molecule has 0 radical (unpaired) electrons. The molecule has 0 aliphatic carbocycles. The van der Waals surface area contributed by atoms with Gasteiger partial charge in [-0.2, -0.15) is 5.10 Å². The average Bonchev–Trinajstić information content (AvgIpc) is 2.90. The third-order valence-corrected chi connectivity index (χ3v) is 6.82. The lowest BCUT2D eigenvalue weighted by Gasteiger charge is -2.31. The Labute approximate surface area is 166 Å². The van der Waals surface area contributed by atoms with Gasteiger partial charge in [-0.25, -0.2) is 13.1 Å². The van der Waals surface area contributed by atoms with Crippen LogP contribution in [0, 0.1) is 13.8 Å². The van der Waals surface area contributed by atoms with Gasteiger partial charge in [-0.3, -0.25) is 14.4 Å². The van der Waals surface area contributed by atoms with E-state index in [0.29, 0.717) is 43.9 Å². The van der Waals surface area contributed by atoms with Gasteiger partial charge in [-0.05, 0) is 38.8 Å². The zero-order valence-corrected chi connectivity index (χ0v) is 17.3. The van der Waals surface area contributed by atoms with Crippen LogP contribution in [0.15, 0.2) is 35.2 Å². The highest BCUT2D eigenvalue weighted by Gasteiger charge is 2.29. The zero-order chi connectivity index (χ0) is 20.3. The number of para-hydroxylation sites is 1. The molecule has 2 aromatic rings. The van der Waals surface area contributed by atoms with E-state index in [1.807, 2.05) is 35.2 Å². The van der Waals surface area contributed by atoms with Crippen LogP contribution in [-0.4, -0.2) is 54.7 Å². The Morgan fingerprint density at radius 2 is 1.82 bits per heavy atom. The predicted octanol–water partition coefficient (Wildman–Crippen LogP) is 1.42. The monoisotopic (exact) mass is 405 g/mol. The van der Waals surface area contributed by atoms with E-state index in [1.54, 1.807) is 25.6 Å². The number of amides is 1. The molecule has 8 nitrogen and oxygen atoms in total. The van der Waals surface area contributed by atoms with Crippen molar-refractivity contribution in [3.63, 3.8) is 0 Å². The van der Waals surface area contributed by atoms with Crippen molar-refractivity contribution in [2.24, 2.45) is 7.05 Å². The molecule has 1 aliphatic heterocycles. The summed E-state index contributed by atoms with van der Waals surface area (Å²) >= 11 is 0. The SMILES string of the molecule is Cc1nn(C)c(C)c1S(=O)(=O)NC1CCN(CC(=O)Nc2ccccc2)CC1. The van der Waals surface area contributed by atoms with Crippen molar-refractivity contribution in [1.29, 1.82) is 0 Å². The summed E-state index contributed by atoms with van der Waals surface area (Å²) in [5.74, 6) is -0.0631. The number of aromatic nitrogens is 2. The minimum absolute atomic E-state index is 0.0631. The van der Waals surface area contributed by atoms with Crippen LogP contribution in [0.2, 0.25) is 0 Å². The Bertz CT molecular complexity index is 932. The molecular weight excluding hydrogens is 378 g/mol. The summed E-state index contributed by atoms with van der Waals surface area (Å²) in [6.07, 6.45) is 1.33. The average molecular weight is 406 g/mol. The molecule has 152 valence electrons. The van der Waals surface area contributed by atoms with Crippen molar-refractivity contribution in [2.75, 3.05) is 25.0 Å². The van der Waals surface area contributed by atoms with Crippen LogP contribution in [0.1, 0.15) is 24.2 Å². The van der Waals surface area contributed by atoms with Gasteiger partial charge in [0.1, 0.15) is 4.90 Å². The normalized spacial score (nSPS) is 16.2. The molecule has 9 heteroatoms. The predicted molar refractivity (Wildman–Crippen MR) is 108 cm³/mol. The van der Waals surface area contributed by atoms with Crippen molar-refractivity contribution in [2.45, 2.75) is 37.6 Å². The molecule has 0 bridgehead atoms. The number of piperidine rings is 1. The zero-order valence-electron chi connectivity index (χ0n) is 16.5. The van der Waals surface area contributed by atoms with Gasteiger partial charge in [0.2, 0.25) is 15.9 Å². The standard InChI is InChI=1S/C19H27N5O3S/c1-14-19(15(2)23(3)21-14)28(26,27)22-17-9-11-24(12-10-17)13-18(25)20-16-7-5-4-6-8-16/h4-8,17,22H,9-13H2,1-3H3,(H,20,25). The van der Waals surface area contributed by atoms with Crippen LogP contribution in [0.3, 0.4) is 0 Å². The third kappa shape index (κ3) is 4.78. The van der Waals surface area contributed by atoms with E-state index in [0.717, 1.165) is 5.69 Å². The number of aryl methyl sites for hydroxylation is 2. The van der Waals surface area contributed by atoms with Crippen molar-refractivity contribution in [1.82, 2.24) is 19.4 Å². The van der Waals surface area contributed by atoms with E-state index in [1.165, 1.54) is 0 Å². The van der Waals surface area contributed by atoms with Gasteiger partial charge in [0.15, 0.2) is 0 Å². The molecule has 28 heavy (non-hydrogen) atoms. The van der Waals surface area contributed by atoms with Crippen molar-refractivity contribution >= 4 is 21.6 Å². The number of sulfonamides is 1. The second-order valence-corrected chi connectivity index (χ2v) is 8.86. The van der Waals surface area contributed by atoms with Gasteiger partial charge in [-0.1, -0.05) is 18.2 Å². The smallest absolute Gasteiger partial charge is 0.244 e. The molecule has 1 amide bonds. The summed E-state index contributed by atoms with van der Waals surface area (Å²) in [5.41, 5.74) is 1.90.